The Balaban J connectivity index is 1.91. The second-order valence-corrected chi connectivity index (χ2v) is 5.12. The van der Waals surface area contributed by atoms with Gasteiger partial charge < -0.3 is 14.3 Å². The summed E-state index contributed by atoms with van der Waals surface area (Å²) in [5.74, 6) is 0.245. The van der Waals surface area contributed by atoms with Crippen molar-refractivity contribution in [3.05, 3.63) is 70.7 Å². The van der Waals surface area contributed by atoms with Gasteiger partial charge in [-0.2, -0.15) is 4.98 Å². The molecule has 22 heavy (non-hydrogen) atoms. The molecule has 6 nitrogen and oxygen atoms in total. The lowest BCUT2D eigenvalue weighted by atomic mass is 10.1. The Labute approximate surface area is 131 Å². The van der Waals surface area contributed by atoms with Gasteiger partial charge in [0.2, 0.25) is 6.39 Å². The first-order valence-corrected chi connectivity index (χ1v) is 6.89. The fraction of sp³-hybridized carbons (Fsp3) is 0.133. The molecule has 0 aliphatic rings. The summed E-state index contributed by atoms with van der Waals surface area (Å²) in [6.07, 6.45) is 2.68. The molecule has 0 fully saturated rings. The lowest BCUT2D eigenvalue weighted by molar-refractivity contribution is 0.0912. The van der Waals surface area contributed by atoms with Gasteiger partial charge in [0, 0.05) is 10.6 Å². The smallest absolute Gasteiger partial charge is 0.288 e. The van der Waals surface area contributed by atoms with Crippen LogP contribution in [0, 0.1) is 6.92 Å². The Bertz CT molecular complexity index is 766. The quantitative estimate of drug-likeness (QED) is 0.799. The van der Waals surface area contributed by atoms with Crippen molar-refractivity contribution in [3.63, 3.8) is 0 Å². The van der Waals surface area contributed by atoms with Gasteiger partial charge in [0.05, 0.1) is 6.26 Å². The Kier molecular flexibility index (Phi) is 3.93. The van der Waals surface area contributed by atoms with Gasteiger partial charge in [0.1, 0.15) is 6.04 Å². The highest BCUT2D eigenvalue weighted by atomic mass is 35.5. The zero-order valence-corrected chi connectivity index (χ0v) is 12.4. The molecular formula is C15H12ClN3O3. The third kappa shape index (κ3) is 2.87. The SMILES string of the molecule is Cc1ccoc1C(=O)N[C@H](c1ccc(Cl)cc1)c1ncon1. The first kappa shape index (κ1) is 14.3. The maximum atomic E-state index is 12.4. The van der Waals surface area contributed by atoms with Crippen molar-refractivity contribution in [2.75, 3.05) is 0 Å². The molecule has 112 valence electrons. The third-order valence-electron chi connectivity index (χ3n) is 3.18. The second-order valence-electron chi connectivity index (χ2n) is 4.68. The van der Waals surface area contributed by atoms with Crippen LogP contribution < -0.4 is 5.32 Å². The molecule has 0 saturated carbocycles. The molecule has 0 saturated heterocycles. The van der Waals surface area contributed by atoms with E-state index < -0.39 is 6.04 Å². The first-order chi connectivity index (χ1) is 10.6. The van der Waals surface area contributed by atoms with E-state index in [4.69, 9.17) is 20.5 Å². The number of nitrogens with one attached hydrogen (secondary N) is 1. The average Bonchev–Trinajstić information content (AvgIpc) is 3.17. The zero-order chi connectivity index (χ0) is 15.5. The Morgan fingerprint density at radius 3 is 2.64 bits per heavy atom. The van der Waals surface area contributed by atoms with Crippen molar-refractivity contribution in [1.29, 1.82) is 0 Å². The van der Waals surface area contributed by atoms with Crippen LogP contribution in [0.15, 0.2) is 51.9 Å². The van der Waals surface area contributed by atoms with Crippen molar-refractivity contribution >= 4 is 17.5 Å². The third-order valence-corrected chi connectivity index (χ3v) is 3.44. The molecule has 7 heteroatoms. The fourth-order valence-electron chi connectivity index (χ4n) is 2.06. The lowest BCUT2D eigenvalue weighted by Gasteiger charge is -2.15. The van der Waals surface area contributed by atoms with Crippen LogP contribution in [0.2, 0.25) is 5.02 Å². The van der Waals surface area contributed by atoms with Gasteiger partial charge in [-0.15, -0.1) is 0 Å². The first-order valence-electron chi connectivity index (χ1n) is 6.52. The van der Waals surface area contributed by atoms with E-state index >= 15 is 0 Å². The molecule has 2 heterocycles. The largest absolute Gasteiger partial charge is 0.459 e. The van der Waals surface area contributed by atoms with E-state index in [1.165, 1.54) is 12.7 Å². The fourth-order valence-corrected chi connectivity index (χ4v) is 2.19. The molecule has 1 aromatic carbocycles. The second kappa shape index (κ2) is 6.03. The summed E-state index contributed by atoms with van der Waals surface area (Å²) in [4.78, 5) is 16.4. The van der Waals surface area contributed by atoms with Gasteiger partial charge in [0.25, 0.3) is 5.91 Å². The van der Waals surface area contributed by atoms with Crippen LogP contribution in [0.1, 0.15) is 33.5 Å². The van der Waals surface area contributed by atoms with Gasteiger partial charge in [-0.1, -0.05) is 28.9 Å². The molecule has 0 aliphatic carbocycles. The van der Waals surface area contributed by atoms with Gasteiger partial charge in [-0.25, -0.2) is 0 Å². The number of amides is 1. The van der Waals surface area contributed by atoms with E-state index in [2.05, 4.69) is 15.5 Å². The number of carbonyl (C=O) groups excluding carboxylic acids is 1. The van der Waals surface area contributed by atoms with Crippen molar-refractivity contribution in [3.8, 4) is 0 Å². The number of carbonyl (C=O) groups is 1. The highest BCUT2D eigenvalue weighted by Gasteiger charge is 2.23. The number of aryl methyl sites for hydroxylation is 1. The molecule has 0 radical (unpaired) electrons. The number of hydrogen-bond donors (Lipinski definition) is 1. The normalized spacial score (nSPS) is 12.1. The summed E-state index contributed by atoms with van der Waals surface area (Å²) in [6, 6.07) is 8.20. The molecule has 1 N–H and O–H groups in total. The van der Waals surface area contributed by atoms with Crippen LogP contribution in [0.3, 0.4) is 0 Å². The minimum Gasteiger partial charge on any atom is -0.459 e. The monoisotopic (exact) mass is 317 g/mol. The van der Waals surface area contributed by atoms with Gasteiger partial charge in [0.15, 0.2) is 11.6 Å². The molecule has 0 aliphatic heterocycles. The Hall–Kier alpha value is -2.60. The predicted octanol–water partition coefficient (Wildman–Crippen LogP) is 3.14. The van der Waals surface area contributed by atoms with Crippen molar-refractivity contribution in [1.82, 2.24) is 15.5 Å². The molecule has 3 rings (SSSR count). The van der Waals surface area contributed by atoms with E-state index in [0.29, 0.717) is 10.8 Å². The summed E-state index contributed by atoms with van der Waals surface area (Å²) in [5, 5.41) is 7.25. The van der Waals surface area contributed by atoms with Crippen LogP contribution in [-0.2, 0) is 0 Å². The molecule has 0 spiro atoms. The highest BCUT2D eigenvalue weighted by Crippen LogP contribution is 2.22. The maximum absolute atomic E-state index is 12.4. The van der Waals surface area contributed by atoms with Crippen molar-refractivity contribution < 1.29 is 13.7 Å². The number of benzene rings is 1. The lowest BCUT2D eigenvalue weighted by Crippen LogP contribution is -2.30. The molecule has 0 bridgehead atoms. The molecular weight excluding hydrogens is 306 g/mol. The maximum Gasteiger partial charge on any atom is 0.288 e. The average molecular weight is 318 g/mol. The van der Waals surface area contributed by atoms with Crippen LogP contribution in [0.4, 0.5) is 0 Å². The molecule has 3 aromatic rings. The van der Waals surface area contributed by atoms with Crippen molar-refractivity contribution in [2.45, 2.75) is 13.0 Å². The number of hydrogen-bond acceptors (Lipinski definition) is 5. The topological polar surface area (TPSA) is 81.2 Å². The number of nitrogens with zero attached hydrogens (tertiary/aromatic N) is 2. The van der Waals surface area contributed by atoms with E-state index in [1.54, 1.807) is 37.3 Å². The number of furan rings is 1. The molecule has 0 unspecified atom stereocenters. The minimum absolute atomic E-state index is 0.252. The summed E-state index contributed by atoms with van der Waals surface area (Å²) in [6.45, 7) is 1.80. The number of rotatable bonds is 4. The van der Waals surface area contributed by atoms with Crippen LogP contribution in [0.5, 0.6) is 0 Å². The van der Waals surface area contributed by atoms with Gasteiger partial charge >= 0.3 is 0 Å². The summed E-state index contributed by atoms with van der Waals surface area (Å²) in [5.41, 5.74) is 1.53. The van der Waals surface area contributed by atoms with E-state index in [-0.39, 0.29) is 11.7 Å². The Morgan fingerprint density at radius 2 is 2.05 bits per heavy atom. The minimum atomic E-state index is -0.562. The van der Waals surface area contributed by atoms with Gasteiger partial charge in [-0.05, 0) is 30.7 Å². The van der Waals surface area contributed by atoms with Crippen molar-refractivity contribution in [2.24, 2.45) is 0 Å². The highest BCUT2D eigenvalue weighted by molar-refractivity contribution is 6.30. The predicted molar refractivity (Wildman–Crippen MR) is 78.5 cm³/mol. The summed E-state index contributed by atoms with van der Waals surface area (Å²) in [7, 11) is 0. The molecule has 1 amide bonds. The van der Waals surface area contributed by atoms with Crippen LogP contribution in [0.25, 0.3) is 0 Å². The van der Waals surface area contributed by atoms with E-state index in [0.717, 1.165) is 11.1 Å². The number of aromatic nitrogens is 2. The molecule has 1 atom stereocenters. The Morgan fingerprint density at radius 1 is 1.27 bits per heavy atom. The van der Waals surface area contributed by atoms with E-state index in [9.17, 15) is 4.79 Å². The summed E-state index contributed by atoms with van der Waals surface area (Å²) >= 11 is 5.90. The van der Waals surface area contributed by atoms with Crippen LogP contribution >= 0.6 is 11.6 Å². The van der Waals surface area contributed by atoms with Crippen LogP contribution in [-0.4, -0.2) is 16.0 Å². The molecule has 2 aromatic heterocycles. The van der Waals surface area contributed by atoms with Gasteiger partial charge in [-0.3, -0.25) is 4.79 Å². The standard InChI is InChI=1S/C15H12ClN3O3/c1-9-6-7-21-13(9)15(20)18-12(14-17-8-22-19-14)10-2-4-11(16)5-3-10/h2-8,12H,1H3,(H,18,20)/t12-/m1/s1. The zero-order valence-electron chi connectivity index (χ0n) is 11.6. The number of halogens is 1. The van der Waals surface area contributed by atoms with E-state index in [1.807, 2.05) is 0 Å². The summed E-state index contributed by atoms with van der Waals surface area (Å²) < 4.78 is 9.98.